The van der Waals surface area contributed by atoms with Crippen molar-refractivity contribution in [1.82, 2.24) is 4.90 Å². The van der Waals surface area contributed by atoms with Gasteiger partial charge in [0.05, 0.1) is 11.6 Å². The van der Waals surface area contributed by atoms with Gasteiger partial charge in [0, 0.05) is 24.2 Å². The monoisotopic (exact) mass is 318 g/mol. The molecule has 24 heavy (non-hydrogen) atoms. The number of hydrogen-bond acceptors (Lipinski definition) is 2. The molecule has 0 spiro atoms. The zero-order valence-electron chi connectivity index (χ0n) is 14.0. The minimum absolute atomic E-state index is 0.0465. The summed E-state index contributed by atoms with van der Waals surface area (Å²) < 4.78 is 0. The van der Waals surface area contributed by atoms with Crippen molar-refractivity contribution in [2.75, 3.05) is 7.05 Å². The third kappa shape index (κ3) is 3.19. The van der Waals surface area contributed by atoms with Crippen LogP contribution < -0.4 is 0 Å². The van der Waals surface area contributed by atoms with Crippen molar-refractivity contribution in [2.45, 2.75) is 38.1 Å². The summed E-state index contributed by atoms with van der Waals surface area (Å²) >= 11 is 0. The van der Waals surface area contributed by atoms with Gasteiger partial charge >= 0.3 is 0 Å². The predicted molar refractivity (Wildman–Crippen MR) is 95.6 cm³/mol. The highest BCUT2D eigenvalue weighted by Crippen LogP contribution is 2.29. The largest absolute Gasteiger partial charge is 0.339 e. The van der Waals surface area contributed by atoms with E-state index in [9.17, 15) is 10.1 Å². The van der Waals surface area contributed by atoms with Crippen LogP contribution in [0.15, 0.2) is 48.5 Å². The van der Waals surface area contributed by atoms with Crippen molar-refractivity contribution in [1.29, 1.82) is 5.26 Å². The van der Waals surface area contributed by atoms with Crippen molar-refractivity contribution >= 4 is 5.91 Å². The van der Waals surface area contributed by atoms with Crippen LogP contribution in [-0.4, -0.2) is 23.9 Å². The summed E-state index contributed by atoms with van der Waals surface area (Å²) in [7, 11) is 1.91. The quantitative estimate of drug-likeness (QED) is 0.828. The normalized spacial score (nSPS) is 14.8. The van der Waals surface area contributed by atoms with E-state index in [0.717, 1.165) is 24.0 Å². The van der Waals surface area contributed by atoms with E-state index >= 15 is 0 Å². The molecular weight excluding hydrogens is 296 g/mol. The van der Waals surface area contributed by atoms with E-state index < -0.39 is 0 Å². The number of rotatable bonds is 3. The van der Waals surface area contributed by atoms with Crippen LogP contribution in [-0.2, 0) is 0 Å². The number of nitrogens with zero attached hydrogens (tertiary/aromatic N) is 2. The third-order valence-electron chi connectivity index (χ3n) is 4.94. The van der Waals surface area contributed by atoms with Crippen LogP contribution in [0, 0.1) is 11.3 Å². The van der Waals surface area contributed by atoms with Crippen LogP contribution >= 0.6 is 0 Å². The molecule has 0 aliphatic heterocycles. The van der Waals surface area contributed by atoms with Gasteiger partial charge in [-0.1, -0.05) is 55.7 Å². The van der Waals surface area contributed by atoms with Crippen molar-refractivity contribution in [3.8, 4) is 17.2 Å². The van der Waals surface area contributed by atoms with Crippen LogP contribution in [0.2, 0.25) is 0 Å². The molecule has 2 aromatic rings. The van der Waals surface area contributed by atoms with Crippen molar-refractivity contribution in [3.05, 3.63) is 59.7 Å². The van der Waals surface area contributed by atoms with Gasteiger partial charge in [0.2, 0.25) is 0 Å². The zero-order chi connectivity index (χ0) is 16.9. The molecule has 0 atom stereocenters. The summed E-state index contributed by atoms with van der Waals surface area (Å²) in [5, 5.41) is 9.38. The van der Waals surface area contributed by atoms with Crippen LogP contribution in [0.4, 0.5) is 0 Å². The van der Waals surface area contributed by atoms with Crippen LogP contribution in [0.25, 0.3) is 11.1 Å². The first-order chi connectivity index (χ1) is 11.7. The molecule has 1 aliphatic rings. The fourth-order valence-corrected chi connectivity index (χ4v) is 3.54. The maximum atomic E-state index is 13.1. The lowest BCUT2D eigenvalue weighted by molar-refractivity contribution is 0.0697. The molecule has 122 valence electrons. The van der Waals surface area contributed by atoms with Crippen LogP contribution in [0.5, 0.6) is 0 Å². The average Bonchev–Trinajstić information content (AvgIpc) is 2.67. The van der Waals surface area contributed by atoms with Gasteiger partial charge in [-0.2, -0.15) is 5.26 Å². The Labute approximate surface area is 143 Å². The topological polar surface area (TPSA) is 44.1 Å². The molecule has 3 rings (SSSR count). The molecule has 3 heteroatoms. The molecule has 2 aromatic carbocycles. The molecule has 0 aromatic heterocycles. The fourth-order valence-electron chi connectivity index (χ4n) is 3.54. The first-order valence-electron chi connectivity index (χ1n) is 8.58. The molecule has 3 nitrogen and oxygen atoms in total. The molecule has 1 saturated carbocycles. The summed E-state index contributed by atoms with van der Waals surface area (Å²) in [6.45, 7) is 0. The molecule has 0 bridgehead atoms. The highest BCUT2D eigenvalue weighted by atomic mass is 16.2. The summed E-state index contributed by atoms with van der Waals surface area (Å²) in [6, 6.07) is 17.6. The van der Waals surface area contributed by atoms with Crippen LogP contribution in [0.1, 0.15) is 48.0 Å². The Balaban J connectivity index is 1.97. The lowest BCUT2D eigenvalue weighted by Crippen LogP contribution is -2.38. The Hall–Kier alpha value is -2.60. The number of benzene rings is 2. The Bertz CT molecular complexity index is 769. The first kappa shape index (κ1) is 16.3. The van der Waals surface area contributed by atoms with Crippen molar-refractivity contribution < 1.29 is 4.79 Å². The van der Waals surface area contributed by atoms with E-state index in [-0.39, 0.29) is 5.91 Å². The summed E-state index contributed by atoms with van der Waals surface area (Å²) in [6.07, 6.45) is 5.82. The molecule has 1 aliphatic carbocycles. The summed E-state index contributed by atoms with van der Waals surface area (Å²) in [4.78, 5) is 15.0. The van der Waals surface area contributed by atoms with E-state index in [1.165, 1.54) is 19.3 Å². The highest BCUT2D eigenvalue weighted by Gasteiger charge is 2.25. The van der Waals surface area contributed by atoms with Crippen LogP contribution in [0.3, 0.4) is 0 Å². The van der Waals surface area contributed by atoms with Gasteiger partial charge in [-0.3, -0.25) is 4.79 Å². The smallest absolute Gasteiger partial charge is 0.254 e. The van der Waals surface area contributed by atoms with Gasteiger partial charge in [0.1, 0.15) is 0 Å². The second kappa shape index (κ2) is 7.31. The molecular formula is C21H22N2O. The molecule has 1 fully saturated rings. The first-order valence-corrected chi connectivity index (χ1v) is 8.58. The summed E-state index contributed by atoms with van der Waals surface area (Å²) in [5.41, 5.74) is 2.93. The average molecular weight is 318 g/mol. The van der Waals surface area contributed by atoms with E-state index in [1.54, 1.807) is 6.07 Å². The predicted octanol–water partition coefficient (Wildman–Crippen LogP) is 4.63. The van der Waals surface area contributed by atoms with E-state index in [4.69, 9.17) is 0 Å². The molecule has 0 unspecified atom stereocenters. The fraction of sp³-hybridized carbons (Fsp3) is 0.333. The lowest BCUT2D eigenvalue weighted by atomic mass is 9.92. The van der Waals surface area contributed by atoms with Crippen molar-refractivity contribution in [3.63, 3.8) is 0 Å². The molecule has 1 amide bonds. The highest BCUT2D eigenvalue weighted by molar-refractivity contribution is 6.01. The van der Waals surface area contributed by atoms with Crippen molar-refractivity contribution in [2.24, 2.45) is 0 Å². The minimum atomic E-state index is 0.0465. The second-order valence-corrected chi connectivity index (χ2v) is 6.41. The number of carbonyl (C=O) groups is 1. The minimum Gasteiger partial charge on any atom is -0.339 e. The molecule has 0 N–H and O–H groups in total. The third-order valence-corrected chi connectivity index (χ3v) is 4.94. The van der Waals surface area contributed by atoms with Gasteiger partial charge in [0.25, 0.3) is 5.91 Å². The maximum Gasteiger partial charge on any atom is 0.254 e. The Morgan fingerprint density at radius 2 is 1.62 bits per heavy atom. The second-order valence-electron chi connectivity index (χ2n) is 6.41. The van der Waals surface area contributed by atoms with Gasteiger partial charge in [-0.15, -0.1) is 0 Å². The molecule has 0 heterocycles. The van der Waals surface area contributed by atoms with Gasteiger partial charge in [-0.05, 0) is 30.5 Å². The number of amides is 1. The Kier molecular flexibility index (Phi) is 4.96. The number of nitriles is 1. The van der Waals surface area contributed by atoms with Gasteiger partial charge in [-0.25, -0.2) is 0 Å². The van der Waals surface area contributed by atoms with E-state index in [1.807, 2.05) is 54.4 Å². The van der Waals surface area contributed by atoms with E-state index in [2.05, 4.69) is 6.07 Å². The molecule has 0 saturated heterocycles. The Morgan fingerprint density at radius 1 is 1.00 bits per heavy atom. The maximum absolute atomic E-state index is 13.1. The zero-order valence-corrected chi connectivity index (χ0v) is 14.0. The standard InChI is InChI=1S/C21H22N2O/c1-23(17-10-3-2-4-11-17)21(24)20-14-8-7-13-19(20)18-12-6-5-9-16(18)15-22/h5-9,12-14,17H,2-4,10-11H2,1H3. The van der Waals surface area contributed by atoms with Gasteiger partial charge in [0.15, 0.2) is 0 Å². The van der Waals surface area contributed by atoms with E-state index in [0.29, 0.717) is 17.2 Å². The summed E-state index contributed by atoms with van der Waals surface area (Å²) in [5.74, 6) is 0.0465. The SMILES string of the molecule is CN(C(=O)c1ccccc1-c1ccccc1C#N)C1CCCCC1. The molecule has 0 radical (unpaired) electrons. The lowest BCUT2D eigenvalue weighted by Gasteiger charge is -2.31. The van der Waals surface area contributed by atoms with Gasteiger partial charge < -0.3 is 4.90 Å². The number of hydrogen-bond donors (Lipinski definition) is 0. The Morgan fingerprint density at radius 3 is 2.33 bits per heavy atom. The number of carbonyl (C=O) groups excluding carboxylic acids is 1.